The lowest BCUT2D eigenvalue weighted by atomic mass is 9.88. The van der Waals surface area contributed by atoms with Crippen molar-refractivity contribution in [3.63, 3.8) is 0 Å². The van der Waals surface area contributed by atoms with Gasteiger partial charge in [-0.3, -0.25) is 19.4 Å². The van der Waals surface area contributed by atoms with Gasteiger partial charge in [-0.15, -0.1) is 0 Å². The van der Waals surface area contributed by atoms with E-state index in [2.05, 4.69) is 33.6 Å². The van der Waals surface area contributed by atoms with Crippen LogP contribution in [0.25, 0.3) is 11.1 Å². The van der Waals surface area contributed by atoms with E-state index in [0.29, 0.717) is 36.4 Å². The molecule has 0 bridgehead atoms. The summed E-state index contributed by atoms with van der Waals surface area (Å²) >= 11 is 0. The number of hydrogen-bond acceptors (Lipinski definition) is 6. The number of carbonyl (C=O) groups excluding carboxylic acids is 1. The highest BCUT2D eigenvalue weighted by Crippen LogP contribution is 2.36. The number of H-pyrrole nitrogens is 1. The Kier molecular flexibility index (Phi) is 10.9. The van der Waals surface area contributed by atoms with Gasteiger partial charge in [0.05, 0.1) is 18.7 Å². The summed E-state index contributed by atoms with van der Waals surface area (Å²) in [5.41, 5.74) is 5.86. The molecule has 1 fully saturated rings. The van der Waals surface area contributed by atoms with Gasteiger partial charge in [-0.2, -0.15) is 0 Å². The predicted octanol–water partition coefficient (Wildman–Crippen LogP) is 4.70. The zero-order chi connectivity index (χ0) is 30.2. The molecular formula is C33H47N5O4. The monoisotopic (exact) mass is 577 g/mol. The summed E-state index contributed by atoms with van der Waals surface area (Å²) < 4.78 is 12.5. The molecule has 228 valence electrons. The van der Waals surface area contributed by atoms with Gasteiger partial charge in [-0.05, 0) is 94.0 Å². The van der Waals surface area contributed by atoms with Crippen LogP contribution in [-0.4, -0.2) is 61.7 Å². The number of nitrogens with zero attached hydrogens (tertiary/aromatic N) is 2. The normalized spacial score (nSPS) is 16.8. The van der Waals surface area contributed by atoms with Gasteiger partial charge in [-0.25, -0.2) is 0 Å². The summed E-state index contributed by atoms with van der Waals surface area (Å²) in [5.74, 6) is 0.589. The summed E-state index contributed by atoms with van der Waals surface area (Å²) in [7, 11) is 5.50. The van der Waals surface area contributed by atoms with Crippen molar-refractivity contribution in [1.29, 1.82) is 0 Å². The summed E-state index contributed by atoms with van der Waals surface area (Å²) in [6, 6.07) is 13.2. The Labute approximate surface area is 249 Å². The molecule has 0 saturated heterocycles. The highest BCUT2D eigenvalue weighted by molar-refractivity contribution is 5.99. The Balaban J connectivity index is 1.70. The SMILES string of the molecule is CCCN(c1cc(-c2ccc(OCCOC)cc2)cc(C(=O)NCc2c(C)n(C)[nH]c2=O)c1C)C1CCC(NC)CC1. The van der Waals surface area contributed by atoms with E-state index in [-0.39, 0.29) is 18.0 Å². The molecular weight excluding hydrogens is 530 g/mol. The fourth-order valence-electron chi connectivity index (χ4n) is 5.95. The third-order valence-electron chi connectivity index (χ3n) is 8.60. The van der Waals surface area contributed by atoms with Crippen LogP contribution in [0.15, 0.2) is 41.2 Å². The highest BCUT2D eigenvalue weighted by atomic mass is 16.5. The minimum Gasteiger partial charge on any atom is -0.491 e. The lowest BCUT2D eigenvalue weighted by Gasteiger charge is -2.39. The molecule has 1 aromatic heterocycles. The van der Waals surface area contributed by atoms with Crippen LogP contribution >= 0.6 is 0 Å². The van der Waals surface area contributed by atoms with Crippen molar-refractivity contribution < 1.29 is 14.3 Å². The molecule has 4 rings (SSSR count). The molecule has 0 radical (unpaired) electrons. The first-order chi connectivity index (χ1) is 20.3. The first kappa shape index (κ1) is 31.4. The largest absolute Gasteiger partial charge is 0.491 e. The summed E-state index contributed by atoms with van der Waals surface area (Å²) in [6.07, 6.45) is 5.52. The number of hydrogen-bond donors (Lipinski definition) is 3. The van der Waals surface area contributed by atoms with Gasteiger partial charge in [0.1, 0.15) is 12.4 Å². The number of amides is 1. The zero-order valence-electron chi connectivity index (χ0n) is 26.0. The van der Waals surface area contributed by atoms with E-state index in [9.17, 15) is 9.59 Å². The van der Waals surface area contributed by atoms with Crippen LogP contribution in [-0.2, 0) is 18.3 Å². The number of rotatable bonds is 13. The lowest BCUT2D eigenvalue weighted by Crippen LogP contribution is -2.42. The van der Waals surface area contributed by atoms with E-state index in [1.165, 1.54) is 0 Å². The van der Waals surface area contributed by atoms with Crippen molar-refractivity contribution in [2.75, 3.05) is 38.8 Å². The Morgan fingerprint density at radius 3 is 2.38 bits per heavy atom. The van der Waals surface area contributed by atoms with Gasteiger partial charge in [0, 0.05) is 49.7 Å². The van der Waals surface area contributed by atoms with Crippen molar-refractivity contribution in [2.45, 2.75) is 71.5 Å². The predicted molar refractivity (Wildman–Crippen MR) is 169 cm³/mol. The van der Waals surface area contributed by atoms with Crippen LogP contribution in [0.4, 0.5) is 5.69 Å². The second kappa shape index (κ2) is 14.6. The fraction of sp³-hybridized carbons (Fsp3) is 0.515. The summed E-state index contributed by atoms with van der Waals surface area (Å²) in [5, 5.41) is 9.24. The van der Waals surface area contributed by atoms with E-state index in [1.807, 2.05) is 51.2 Å². The van der Waals surface area contributed by atoms with Crippen molar-refractivity contribution in [3.8, 4) is 16.9 Å². The van der Waals surface area contributed by atoms with E-state index in [4.69, 9.17) is 9.47 Å². The number of benzene rings is 2. The number of aryl methyl sites for hydroxylation is 1. The second-order valence-corrected chi connectivity index (χ2v) is 11.3. The maximum absolute atomic E-state index is 13.8. The van der Waals surface area contributed by atoms with Crippen molar-refractivity contribution in [1.82, 2.24) is 20.4 Å². The van der Waals surface area contributed by atoms with E-state index in [1.54, 1.807) is 18.8 Å². The number of aromatic nitrogens is 2. The maximum Gasteiger partial charge on any atom is 0.269 e. The molecule has 3 aromatic rings. The third-order valence-corrected chi connectivity index (χ3v) is 8.60. The third kappa shape index (κ3) is 7.25. The van der Waals surface area contributed by atoms with Gasteiger partial charge >= 0.3 is 0 Å². The van der Waals surface area contributed by atoms with Crippen LogP contribution in [0, 0.1) is 13.8 Å². The van der Waals surface area contributed by atoms with Gasteiger partial charge in [0.2, 0.25) is 0 Å². The minimum atomic E-state index is -0.187. The van der Waals surface area contributed by atoms with Gasteiger partial charge in [0.15, 0.2) is 0 Å². The molecule has 0 aliphatic heterocycles. The first-order valence-corrected chi connectivity index (χ1v) is 15.1. The van der Waals surface area contributed by atoms with Crippen molar-refractivity contribution in [3.05, 3.63) is 69.1 Å². The van der Waals surface area contributed by atoms with Gasteiger partial charge in [-0.1, -0.05) is 19.1 Å². The molecule has 0 unspecified atom stereocenters. The molecule has 3 N–H and O–H groups in total. The number of aromatic amines is 1. The Bertz CT molecular complexity index is 1390. The van der Waals surface area contributed by atoms with Crippen LogP contribution in [0.3, 0.4) is 0 Å². The fourth-order valence-corrected chi connectivity index (χ4v) is 5.95. The van der Waals surface area contributed by atoms with E-state index < -0.39 is 0 Å². The number of ether oxygens (including phenoxy) is 2. The number of nitrogens with one attached hydrogen (secondary N) is 3. The second-order valence-electron chi connectivity index (χ2n) is 11.3. The zero-order valence-corrected chi connectivity index (χ0v) is 26.0. The van der Waals surface area contributed by atoms with Crippen molar-refractivity contribution >= 4 is 11.6 Å². The average Bonchev–Trinajstić information content (AvgIpc) is 3.25. The highest BCUT2D eigenvalue weighted by Gasteiger charge is 2.28. The topological polar surface area (TPSA) is 101 Å². The Morgan fingerprint density at radius 2 is 1.79 bits per heavy atom. The maximum atomic E-state index is 13.8. The molecule has 1 aliphatic carbocycles. The summed E-state index contributed by atoms with van der Waals surface area (Å²) in [6.45, 7) is 8.23. The van der Waals surface area contributed by atoms with E-state index in [0.717, 1.165) is 72.5 Å². The minimum absolute atomic E-state index is 0.167. The van der Waals surface area contributed by atoms with Crippen LogP contribution in [0.2, 0.25) is 0 Å². The van der Waals surface area contributed by atoms with E-state index >= 15 is 0 Å². The van der Waals surface area contributed by atoms with Gasteiger partial charge in [0.25, 0.3) is 11.5 Å². The summed E-state index contributed by atoms with van der Waals surface area (Å²) in [4.78, 5) is 28.7. The number of anilines is 1. The molecule has 1 aliphatic rings. The lowest BCUT2D eigenvalue weighted by molar-refractivity contribution is 0.0950. The smallest absolute Gasteiger partial charge is 0.269 e. The van der Waals surface area contributed by atoms with Crippen molar-refractivity contribution in [2.24, 2.45) is 7.05 Å². The quantitative estimate of drug-likeness (QED) is 0.255. The Hall–Kier alpha value is -3.56. The molecule has 1 saturated carbocycles. The molecule has 1 amide bonds. The van der Waals surface area contributed by atoms with Crippen LogP contribution in [0.5, 0.6) is 5.75 Å². The molecule has 0 atom stereocenters. The molecule has 0 spiro atoms. The first-order valence-electron chi connectivity index (χ1n) is 15.1. The number of carbonyl (C=O) groups is 1. The standard InChI is InChI=1S/C33H47N5O4/c1-7-16-38(27-12-10-26(34-4)11-13-27)31-20-25(24-8-14-28(15-9-24)42-18-17-41-6)19-29(22(31)2)32(39)35-21-30-23(3)37(5)36-33(30)40/h8-9,14-15,19-20,26-27,34H,7,10-13,16-18,21H2,1-6H3,(H,35,39)(H,36,40). The Morgan fingerprint density at radius 1 is 1.07 bits per heavy atom. The molecule has 1 heterocycles. The van der Waals surface area contributed by atoms with Crippen LogP contribution < -0.4 is 25.8 Å². The molecule has 2 aromatic carbocycles. The molecule has 42 heavy (non-hydrogen) atoms. The molecule has 9 heteroatoms. The number of methoxy groups -OCH3 is 1. The molecule has 9 nitrogen and oxygen atoms in total. The van der Waals surface area contributed by atoms with Gasteiger partial charge < -0.3 is 25.0 Å². The van der Waals surface area contributed by atoms with Crippen LogP contribution in [0.1, 0.15) is 66.2 Å². The average molecular weight is 578 g/mol.